The number of benzene rings is 1. The number of carboxylic acids is 1. The fourth-order valence-electron chi connectivity index (χ4n) is 1.83. The van der Waals surface area contributed by atoms with E-state index in [-0.39, 0.29) is 30.4 Å². The van der Waals surface area contributed by atoms with Crippen molar-refractivity contribution in [3.05, 3.63) is 27.4 Å². The van der Waals surface area contributed by atoms with Crippen molar-refractivity contribution < 1.29 is 29.7 Å². The zero-order valence-electron chi connectivity index (χ0n) is 13.1. The number of hydrogen-bond acceptors (Lipinski definition) is 5. The molecule has 1 unspecified atom stereocenters. The molecule has 11 heteroatoms. The van der Waals surface area contributed by atoms with E-state index in [1.54, 1.807) is 45.2 Å². The minimum atomic E-state index is -1.25. The molecule has 0 fully saturated rings. The molecule has 8 nitrogen and oxygen atoms in total. The quantitative estimate of drug-likeness (QED) is 0.331. The molecule has 0 heterocycles. The van der Waals surface area contributed by atoms with Gasteiger partial charge in [0, 0.05) is 31.4 Å². The van der Waals surface area contributed by atoms with Gasteiger partial charge < -0.3 is 25.5 Å². The van der Waals surface area contributed by atoms with Crippen molar-refractivity contribution in [2.75, 3.05) is 27.2 Å². The minimum absolute atomic E-state index is 0.0503. The molecular formula is C14H15I3N2O6. The third-order valence-corrected chi connectivity index (χ3v) is 6.32. The van der Waals surface area contributed by atoms with Crippen molar-refractivity contribution in [2.24, 2.45) is 0 Å². The fourth-order valence-corrected chi connectivity index (χ4v) is 6.40. The van der Waals surface area contributed by atoms with Gasteiger partial charge in [-0.05, 0) is 67.8 Å². The SMILES string of the molecule is CN(C)C(=O)c1c(I)c(C(=O)O)c(I)c(C(=O)NCC(O)CO)c1I. The Kier molecular flexibility index (Phi) is 8.76. The third kappa shape index (κ3) is 5.14. The standard InChI is InChI=1S/C14H15I3N2O6/c1-19(2)13(23)7-9(15)6(12(22)18-3-5(21)4-20)10(16)8(11(7)17)14(24)25/h5,20-21H,3-4H2,1-2H3,(H,18,22)(H,24,25). The van der Waals surface area contributed by atoms with Crippen LogP contribution in [0.5, 0.6) is 0 Å². The topological polar surface area (TPSA) is 127 Å². The largest absolute Gasteiger partial charge is 0.478 e. The van der Waals surface area contributed by atoms with Crippen LogP contribution in [0.2, 0.25) is 0 Å². The number of hydrogen-bond donors (Lipinski definition) is 4. The van der Waals surface area contributed by atoms with Crippen molar-refractivity contribution in [1.29, 1.82) is 0 Å². The van der Waals surface area contributed by atoms with Crippen LogP contribution in [0.4, 0.5) is 0 Å². The van der Waals surface area contributed by atoms with Gasteiger partial charge in [-0.2, -0.15) is 0 Å². The molecule has 0 saturated carbocycles. The highest BCUT2D eigenvalue weighted by molar-refractivity contribution is 14.1. The zero-order valence-corrected chi connectivity index (χ0v) is 19.6. The van der Waals surface area contributed by atoms with Crippen LogP contribution in [0.25, 0.3) is 0 Å². The summed E-state index contributed by atoms with van der Waals surface area (Å²) in [6.45, 7) is -0.723. The van der Waals surface area contributed by atoms with Gasteiger partial charge in [0.05, 0.1) is 29.4 Å². The number of rotatable bonds is 6. The first kappa shape index (κ1) is 22.8. The Balaban J connectivity index is 3.59. The number of aromatic carboxylic acids is 1. The summed E-state index contributed by atoms with van der Waals surface area (Å²) in [6.07, 6.45) is -1.13. The van der Waals surface area contributed by atoms with E-state index in [4.69, 9.17) is 5.11 Å². The predicted octanol–water partition coefficient (Wildman–Crippen LogP) is 0.983. The van der Waals surface area contributed by atoms with Crippen molar-refractivity contribution >= 4 is 85.6 Å². The Hall–Kier alpha value is -0.260. The second-order valence-corrected chi connectivity index (χ2v) is 8.35. The van der Waals surface area contributed by atoms with Crippen molar-refractivity contribution in [3.8, 4) is 0 Å². The molecule has 0 radical (unpaired) electrons. The zero-order chi connectivity index (χ0) is 19.5. The Bertz CT molecular complexity index is 723. The van der Waals surface area contributed by atoms with Gasteiger partial charge in [-0.1, -0.05) is 0 Å². The van der Waals surface area contributed by atoms with E-state index in [0.29, 0.717) is 3.57 Å². The molecule has 0 bridgehead atoms. The molecule has 0 aliphatic rings. The van der Waals surface area contributed by atoms with Crippen LogP contribution < -0.4 is 5.32 Å². The molecule has 1 rings (SSSR count). The smallest absolute Gasteiger partial charge is 0.337 e. The summed E-state index contributed by atoms with van der Waals surface area (Å²) in [5.74, 6) is -2.30. The number of amides is 2. The van der Waals surface area contributed by atoms with Gasteiger partial charge >= 0.3 is 5.97 Å². The van der Waals surface area contributed by atoms with Gasteiger partial charge in [-0.15, -0.1) is 0 Å². The van der Waals surface area contributed by atoms with E-state index >= 15 is 0 Å². The first-order chi connectivity index (χ1) is 11.5. The fraction of sp³-hybridized carbons (Fsp3) is 0.357. The van der Waals surface area contributed by atoms with Crippen LogP contribution in [0.15, 0.2) is 0 Å². The summed E-state index contributed by atoms with van der Waals surface area (Å²) in [5.41, 5.74) is 0.0610. The number of nitrogens with one attached hydrogen (secondary N) is 1. The molecule has 1 aromatic rings. The summed E-state index contributed by atoms with van der Waals surface area (Å²) in [7, 11) is 3.06. The molecule has 2 amide bonds. The summed E-state index contributed by atoms with van der Waals surface area (Å²) in [5, 5.41) is 30.1. The lowest BCUT2D eigenvalue weighted by Crippen LogP contribution is -2.36. The van der Waals surface area contributed by atoms with Crippen LogP contribution in [0.3, 0.4) is 0 Å². The normalized spacial score (nSPS) is 11.8. The van der Waals surface area contributed by atoms with Crippen molar-refractivity contribution in [1.82, 2.24) is 10.2 Å². The molecule has 0 aromatic heterocycles. The molecule has 0 aliphatic heterocycles. The van der Waals surface area contributed by atoms with Crippen LogP contribution in [-0.4, -0.2) is 71.4 Å². The molecule has 1 atom stereocenters. The van der Waals surface area contributed by atoms with E-state index in [1.807, 2.05) is 22.6 Å². The Morgan fingerprint density at radius 2 is 1.52 bits per heavy atom. The second kappa shape index (κ2) is 9.61. The summed E-state index contributed by atoms with van der Waals surface area (Å²) >= 11 is 5.39. The lowest BCUT2D eigenvalue weighted by Gasteiger charge is -2.19. The third-order valence-electron chi connectivity index (χ3n) is 3.09. The number of aliphatic hydroxyl groups is 2. The molecule has 0 aliphatic carbocycles. The highest BCUT2D eigenvalue weighted by atomic mass is 127. The molecular weight excluding hydrogens is 673 g/mol. The first-order valence-corrected chi connectivity index (χ1v) is 10.0. The highest BCUT2D eigenvalue weighted by Gasteiger charge is 2.30. The average molecular weight is 688 g/mol. The first-order valence-electron chi connectivity index (χ1n) is 6.77. The number of carboxylic acid groups (broad SMARTS) is 1. The van der Waals surface area contributed by atoms with Crippen LogP contribution in [-0.2, 0) is 0 Å². The maximum Gasteiger partial charge on any atom is 0.337 e. The summed E-state index contributed by atoms with van der Waals surface area (Å²) < 4.78 is 0.779. The van der Waals surface area contributed by atoms with Gasteiger partial charge in [0.15, 0.2) is 0 Å². The van der Waals surface area contributed by atoms with Gasteiger partial charge in [0.1, 0.15) is 0 Å². The van der Waals surface area contributed by atoms with E-state index in [0.717, 1.165) is 0 Å². The van der Waals surface area contributed by atoms with Crippen LogP contribution >= 0.6 is 67.8 Å². The Labute approximate surface area is 184 Å². The molecule has 0 spiro atoms. The number of carbonyl (C=O) groups is 3. The lowest BCUT2D eigenvalue weighted by atomic mass is 10.0. The maximum atomic E-state index is 12.5. The maximum absolute atomic E-state index is 12.5. The van der Waals surface area contributed by atoms with Crippen LogP contribution in [0, 0.1) is 10.7 Å². The number of halogens is 3. The van der Waals surface area contributed by atoms with Crippen molar-refractivity contribution in [2.45, 2.75) is 6.10 Å². The molecule has 138 valence electrons. The number of nitrogens with zero attached hydrogens (tertiary/aromatic N) is 1. The molecule has 25 heavy (non-hydrogen) atoms. The number of carbonyl (C=O) groups excluding carboxylic acids is 2. The predicted molar refractivity (Wildman–Crippen MR) is 115 cm³/mol. The lowest BCUT2D eigenvalue weighted by molar-refractivity contribution is 0.0694. The number of aliphatic hydroxyl groups excluding tert-OH is 2. The van der Waals surface area contributed by atoms with E-state index in [9.17, 15) is 24.6 Å². The molecule has 1 aromatic carbocycles. The Morgan fingerprint density at radius 3 is 1.96 bits per heavy atom. The molecule has 0 saturated heterocycles. The van der Waals surface area contributed by atoms with Gasteiger partial charge in [0.2, 0.25) is 0 Å². The van der Waals surface area contributed by atoms with E-state index < -0.39 is 30.5 Å². The van der Waals surface area contributed by atoms with E-state index in [2.05, 4.69) is 5.32 Å². The highest BCUT2D eigenvalue weighted by Crippen LogP contribution is 2.32. The van der Waals surface area contributed by atoms with E-state index in [1.165, 1.54) is 19.0 Å². The summed E-state index contributed by atoms with van der Waals surface area (Å²) in [4.78, 5) is 37.9. The van der Waals surface area contributed by atoms with Gasteiger partial charge in [-0.3, -0.25) is 9.59 Å². The average Bonchev–Trinajstić information content (AvgIpc) is 2.51. The van der Waals surface area contributed by atoms with Crippen molar-refractivity contribution in [3.63, 3.8) is 0 Å². The van der Waals surface area contributed by atoms with Gasteiger partial charge in [0.25, 0.3) is 11.8 Å². The monoisotopic (exact) mass is 688 g/mol. The molecule has 4 N–H and O–H groups in total. The van der Waals surface area contributed by atoms with Gasteiger partial charge in [-0.25, -0.2) is 4.79 Å². The Morgan fingerprint density at radius 1 is 1.04 bits per heavy atom. The second-order valence-electron chi connectivity index (χ2n) is 5.12. The minimum Gasteiger partial charge on any atom is -0.478 e. The van der Waals surface area contributed by atoms with Crippen LogP contribution in [0.1, 0.15) is 31.1 Å². The summed E-state index contributed by atoms with van der Waals surface area (Å²) in [6, 6.07) is 0.